The molecule has 3 aromatic rings. The molecule has 3 rings (SSSR count). The molecule has 0 spiro atoms. The van der Waals surface area contributed by atoms with E-state index in [9.17, 15) is 10.1 Å². The van der Waals surface area contributed by atoms with Gasteiger partial charge in [0.2, 0.25) is 0 Å². The van der Waals surface area contributed by atoms with Crippen LogP contribution in [-0.2, 0) is 19.3 Å². The van der Waals surface area contributed by atoms with Crippen LogP contribution in [0.25, 0.3) is 0 Å². The van der Waals surface area contributed by atoms with Gasteiger partial charge in [0.1, 0.15) is 0 Å². The number of nitro groups is 1. The van der Waals surface area contributed by atoms with Gasteiger partial charge < -0.3 is 0 Å². The number of aromatic nitrogens is 2. The molecule has 0 saturated heterocycles. The molecule has 0 bridgehead atoms. The second-order valence-corrected chi connectivity index (χ2v) is 7.54. The fraction of sp³-hybridized carbons (Fsp3) is 0.176. The summed E-state index contributed by atoms with van der Waals surface area (Å²) < 4.78 is 2.06. The van der Waals surface area contributed by atoms with Crippen LogP contribution in [0.4, 0.5) is 5.69 Å². The quantitative estimate of drug-likeness (QED) is 0.379. The molecule has 5 nitrogen and oxygen atoms in total. The minimum absolute atomic E-state index is 0.0957. The molecule has 116 valence electrons. The van der Waals surface area contributed by atoms with Gasteiger partial charge in [0.15, 0.2) is 0 Å². The van der Waals surface area contributed by atoms with E-state index in [1.165, 1.54) is 11.6 Å². The van der Waals surface area contributed by atoms with Gasteiger partial charge in [0.25, 0.3) is 0 Å². The summed E-state index contributed by atoms with van der Waals surface area (Å²) in [4.78, 5) is 10.7. The average molecular weight is 372 g/mol. The monoisotopic (exact) mass is 373 g/mol. The number of benzene rings is 2. The van der Waals surface area contributed by atoms with Crippen molar-refractivity contribution in [3.63, 3.8) is 0 Å². The number of hydrogen-bond acceptors (Lipinski definition) is 4. The Labute approximate surface area is 139 Å². The summed E-state index contributed by atoms with van der Waals surface area (Å²) in [6, 6.07) is 17.1. The maximum atomic E-state index is 11.1. The first-order valence-electron chi connectivity index (χ1n) is 7.30. The van der Waals surface area contributed by atoms with Crippen molar-refractivity contribution in [2.24, 2.45) is 0 Å². The van der Waals surface area contributed by atoms with E-state index in [1.807, 2.05) is 24.3 Å². The molecule has 1 heterocycles. The summed E-state index contributed by atoms with van der Waals surface area (Å²) in [5.74, 6) is 0. The zero-order valence-corrected chi connectivity index (χ0v) is 14.1. The summed E-state index contributed by atoms with van der Waals surface area (Å²) in [6.07, 6.45) is 2.36. The van der Waals surface area contributed by atoms with Gasteiger partial charge in [0.05, 0.1) is 0 Å². The number of para-hydroxylation sites is 1. The Bertz CT molecular complexity index is 802. The molecule has 6 heteroatoms. The first-order chi connectivity index (χ1) is 11.2. The molecule has 0 fully saturated rings. The van der Waals surface area contributed by atoms with Crippen molar-refractivity contribution in [2.75, 3.05) is 0 Å². The van der Waals surface area contributed by atoms with Gasteiger partial charge >= 0.3 is 140 Å². The fourth-order valence-corrected chi connectivity index (χ4v) is 4.18. The summed E-state index contributed by atoms with van der Waals surface area (Å²) in [5.41, 5.74) is 2.15. The van der Waals surface area contributed by atoms with Gasteiger partial charge in [-0.1, -0.05) is 0 Å². The molecule has 0 aliphatic rings. The molecule has 0 unspecified atom stereocenters. The third-order valence-electron chi connectivity index (χ3n) is 3.51. The van der Waals surface area contributed by atoms with Gasteiger partial charge in [-0.2, -0.15) is 0 Å². The Kier molecular flexibility index (Phi) is 4.95. The van der Waals surface area contributed by atoms with E-state index in [-0.39, 0.29) is 25.1 Å². The molecule has 23 heavy (non-hydrogen) atoms. The standard InChI is InChI=1S/C17H15N3O2Se/c21-20(22)15-9-5-4-8-14(15)12-17-19-18-16(23-17)11-10-13-6-2-1-3-7-13/h1-9H,10-12H2. The van der Waals surface area contributed by atoms with E-state index < -0.39 is 0 Å². The van der Waals surface area contributed by atoms with Crippen molar-refractivity contribution in [3.8, 4) is 0 Å². The molecular formula is C17H15N3O2Se. The Balaban J connectivity index is 1.67. The molecule has 0 amide bonds. The third kappa shape index (κ3) is 4.12. The van der Waals surface area contributed by atoms with E-state index in [1.54, 1.807) is 12.1 Å². The van der Waals surface area contributed by atoms with Crippen LogP contribution in [0.15, 0.2) is 54.6 Å². The van der Waals surface area contributed by atoms with E-state index in [2.05, 4.69) is 22.3 Å². The first kappa shape index (κ1) is 15.6. The Morgan fingerprint density at radius 2 is 1.61 bits per heavy atom. The minimum atomic E-state index is -0.338. The number of nitrogens with zero attached hydrogens (tertiary/aromatic N) is 3. The molecule has 2 aromatic carbocycles. The molecule has 0 saturated carbocycles. The van der Waals surface area contributed by atoms with Gasteiger partial charge in [-0.3, -0.25) is 0 Å². The molecule has 0 radical (unpaired) electrons. The van der Waals surface area contributed by atoms with E-state index in [0.717, 1.165) is 22.0 Å². The Morgan fingerprint density at radius 1 is 0.913 bits per heavy atom. The molecule has 0 atom stereocenters. The van der Waals surface area contributed by atoms with Crippen molar-refractivity contribution in [1.29, 1.82) is 0 Å². The van der Waals surface area contributed by atoms with Gasteiger partial charge in [-0.15, -0.1) is 0 Å². The Morgan fingerprint density at radius 3 is 2.39 bits per heavy atom. The van der Waals surface area contributed by atoms with Crippen LogP contribution in [0.3, 0.4) is 0 Å². The second-order valence-electron chi connectivity index (χ2n) is 5.14. The van der Waals surface area contributed by atoms with Crippen LogP contribution in [-0.4, -0.2) is 29.6 Å². The topological polar surface area (TPSA) is 68.9 Å². The van der Waals surface area contributed by atoms with E-state index in [4.69, 9.17) is 0 Å². The number of rotatable bonds is 6. The van der Waals surface area contributed by atoms with Crippen molar-refractivity contribution in [1.82, 2.24) is 10.2 Å². The van der Waals surface area contributed by atoms with Crippen LogP contribution in [0.1, 0.15) is 20.3 Å². The molecular weight excluding hydrogens is 357 g/mol. The van der Waals surface area contributed by atoms with Crippen LogP contribution >= 0.6 is 0 Å². The normalized spacial score (nSPS) is 10.6. The second kappa shape index (κ2) is 7.31. The van der Waals surface area contributed by atoms with Crippen LogP contribution in [0, 0.1) is 10.1 Å². The van der Waals surface area contributed by atoms with Crippen molar-refractivity contribution >= 4 is 20.2 Å². The van der Waals surface area contributed by atoms with E-state index >= 15 is 0 Å². The van der Waals surface area contributed by atoms with Gasteiger partial charge in [-0.05, 0) is 0 Å². The number of aryl methyl sites for hydroxylation is 2. The maximum absolute atomic E-state index is 11.1. The predicted molar refractivity (Wildman–Crippen MR) is 88.7 cm³/mol. The first-order valence-corrected chi connectivity index (χ1v) is 9.01. The molecule has 0 aliphatic carbocycles. The fourth-order valence-electron chi connectivity index (χ4n) is 2.36. The van der Waals surface area contributed by atoms with Crippen LogP contribution in [0.2, 0.25) is 0 Å². The predicted octanol–water partition coefficient (Wildman–Crippen LogP) is 2.82. The number of nitro benzene ring substituents is 1. The van der Waals surface area contributed by atoms with E-state index in [0.29, 0.717) is 12.0 Å². The van der Waals surface area contributed by atoms with Crippen LogP contribution < -0.4 is 0 Å². The van der Waals surface area contributed by atoms with Crippen LogP contribution in [0.5, 0.6) is 0 Å². The molecule has 0 aliphatic heterocycles. The molecule has 1 aromatic heterocycles. The van der Waals surface area contributed by atoms with Gasteiger partial charge in [0, 0.05) is 0 Å². The van der Waals surface area contributed by atoms with Crippen molar-refractivity contribution in [2.45, 2.75) is 19.3 Å². The summed E-state index contributed by atoms with van der Waals surface area (Å²) in [5, 5.41) is 19.6. The van der Waals surface area contributed by atoms with Crippen molar-refractivity contribution < 1.29 is 4.92 Å². The Hall–Kier alpha value is -2.30. The SMILES string of the molecule is O=[N+]([O-])c1ccccc1Cc1nnc(CCc2ccccc2)[se]1. The summed E-state index contributed by atoms with van der Waals surface area (Å²) in [6.45, 7) is 0. The third-order valence-corrected chi connectivity index (χ3v) is 5.57. The zero-order valence-electron chi connectivity index (χ0n) is 12.4. The summed E-state index contributed by atoms with van der Waals surface area (Å²) in [7, 11) is 0. The van der Waals surface area contributed by atoms with Gasteiger partial charge in [-0.25, -0.2) is 0 Å². The zero-order chi connectivity index (χ0) is 16.1. The average Bonchev–Trinajstić information content (AvgIpc) is 3.02. The number of hydrogen-bond donors (Lipinski definition) is 0. The summed E-state index contributed by atoms with van der Waals surface area (Å²) >= 11 is 0.0957. The molecule has 0 N–H and O–H groups in total. The van der Waals surface area contributed by atoms with Crippen molar-refractivity contribution in [3.05, 3.63) is 85.0 Å².